The number of carbonyl (C=O) groups is 2. The summed E-state index contributed by atoms with van der Waals surface area (Å²) in [6.07, 6.45) is 5.41. The molecule has 5 nitrogen and oxygen atoms in total. The topological polar surface area (TPSA) is 49.9 Å². The molecule has 0 spiro atoms. The highest BCUT2D eigenvalue weighted by molar-refractivity contribution is 6.30. The van der Waals surface area contributed by atoms with E-state index in [2.05, 4.69) is 4.90 Å². The molecule has 2 aliphatic rings. The Morgan fingerprint density at radius 2 is 1.68 bits per heavy atom. The molecule has 0 atom stereocenters. The van der Waals surface area contributed by atoms with Gasteiger partial charge in [0.05, 0.1) is 24.8 Å². The molecule has 2 amide bonds. The standard InChI is InChI=1S/C23H24N2O3/c1-28-18-10-11-19-20(14-18)22(26)25(15-17-8-4-2-5-9-17)23(27)21(19)16-24-12-6-3-7-13-24/h2,4-5,8-11,14,16H,3,6-7,12-13,15H2,1H3/b21-16+. The summed E-state index contributed by atoms with van der Waals surface area (Å²) >= 11 is 0. The van der Waals surface area contributed by atoms with Gasteiger partial charge in [0.15, 0.2) is 0 Å². The Balaban J connectivity index is 1.76. The van der Waals surface area contributed by atoms with Crippen LogP contribution in [0.15, 0.2) is 54.7 Å². The van der Waals surface area contributed by atoms with Crippen molar-refractivity contribution in [2.75, 3.05) is 20.2 Å². The molecule has 2 aliphatic heterocycles. The first kappa shape index (κ1) is 18.3. The van der Waals surface area contributed by atoms with Gasteiger partial charge in [-0.25, -0.2) is 0 Å². The van der Waals surface area contributed by atoms with Crippen molar-refractivity contribution in [2.45, 2.75) is 25.8 Å². The van der Waals surface area contributed by atoms with E-state index in [-0.39, 0.29) is 18.4 Å². The molecule has 5 heteroatoms. The van der Waals surface area contributed by atoms with Crippen molar-refractivity contribution in [1.82, 2.24) is 9.80 Å². The molecule has 0 N–H and O–H groups in total. The quantitative estimate of drug-likeness (QED) is 0.603. The third kappa shape index (κ3) is 3.52. The van der Waals surface area contributed by atoms with Gasteiger partial charge in [-0.1, -0.05) is 30.3 Å². The Morgan fingerprint density at radius 3 is 2.39 bits per heavy atom. The number of methoxy groups -OCH3 is 1. The lowest BCUT2D eigenvalue weighted by Gasteiger charge is -2.31. The number of hydrogen-bond acceptors (Lipinski definition) is 4. The first-order valence-corrected chi connectivity index (χ1v) is 9.72. The molecule has 0 aliphatic carbocycles. The van der Waals surface area contributed by atoms with Gasteiger partial charge in [-0.2, -0.15) is 0 Å². The Kier molecular flexibility index (Phi) is 5.15. The fourth-order valence-corrected chi connectivity index (χ4v) is 3.82. The van der Waals surface area contributed by atoms with Crippen molar-refractivity contribution in [1.29, 1.82) is 0 Å². The van der Waals surface area contributed by atoms with Gasteiger partial charge in [-0.3, -0.25) is 14.5 Å². The van der Waals surface area contributed by atoms with E-state index in [9.17, 15) is 9.59 Å². The van der Waals surface area contributed by atoms with Crippen molar-refractivity contribution in [2.24, 2.45) is 0 Å². The Labute approximate surface area is 165 Å². The smallest absolute Gasteiger partial charge is 0.263 e. The molecular formula is C23H24N2O3. The maximum Gasteiger partial charge on any atom is 0.263 e. The summed E-state index contributed by atoms with van der Waals surface area (Å²) in [5.74, 6) is 0.0917. The number of fused-ring (bicyclic) bond motifs is 1. The normalized spacial score (nSPS) is 18.4. The average Bonchev–Trinajstić information content (AvgIpc) is 2.75. The molecule has 28 heavy (non-hydrogen) atoms. The van der Waals surface area contributed by atoms with Crippen LogP contribution in [0.4, 0.5) is 0 Å². The van der Waals surface area contributed by atoms with E-state index in [1.807, 2.05) is 42.6 Å². The van der Waals surface area contributed by atoms with E-state index in [4.69, 9.17) is 4.74 Å². The second-order valence-corrected chi connectivity index (χ2v) is 7.23. The molecule has 1 fully saturated rings. The molecule has 2 aromatic carbocycles. The van der Waals surface area contributed by atoms with Crippen LogP contribution in [0.2, 0.25) is 0 Å². The van der Waals surface area contributed by atoms with Crippen molar-refractivity contribution < 1.29 is 14.3 Å². The van der Waals surface area contributed by atoms with Crippen LogP contribution in [0, 0.1) is 0 Å². The predicted molar refractivity (Wildman–Crippen MR) is 108 cm³/mol. The number of ether oxygens (including phenoxy) is 1. The van der Waals surface area contributed by atoms with E-state index < -0.39 is 0 Å². The molecule has 0 bridgehead atoms. The molecule has 4 rings (SSSR count). The second kappa shape index (κ2) is 7.89. The molecule has 2 aromatic rings. The molecule has 0 radical (unpaired) electrons. The molecule has 1 saturated heterocycles. The third-order valence-corrected chi connectivity index (χ3v) is 5.35. The maximum atomic E-state index is 13.3. The van der Waals surface area contributed by atoms with Crippen LogP contribution >= 0.6 is 0 Å². The van der Waals surface area contributed by atoms with Gasteiger partial charge >= 0.3 is 0 Å². The second-order valence-electron chi connectivity index (χ2n) is 7.23. The largest absolute Gasteiger partial charge is 0.497 e. The lowest BCUT2D eigenvalue weighted by atomic mass is 9.93. The zero-order valence-electron chi connectivity index (χ0n) is 16.1. The van der Waals surface area contributed by atoms with Crippen LogP contribution in [0.3, 0.4) is 0 Å². The summed E-state index contributed by atoms with van der Waals surface area (Å²) in [7, 11) is 1.58. The van der Waals surface area contributed by atoms with Gasteiger partial charge in [0.25, 0.3) is 11.8 Å². The Hall–Kier alpha value is -3.08. The summed E-state index contributed by atoms with van der Waals surface area (Å²) < 4.78 is 5.31. The van der Waals surface area contributed by atoms with Crippen LogP contribution in [-0.4, -0.2) is 41.8 Å². The number of carbonyl (C=O) groups excluding carboxylic acids is 2. The van der Waals surface area contributed by atoms with Crippen LogP contribution in [0.25, 0.3) is 5.57 Å². The molecule has 0 aromatic heterocycles. The molecule has 144 valence electrons. The van der Waals surface area contributed by atoms with E-state index >= 15 is 0 Å². The lowest BCUT2D eigenvalue weighted by Crippen LogP contribution is -2.41. The molecule has 2 heterocycles. The van der Waals surface area contributed by atoms with Crippen molar-refractivity contribution >= 4 is 17.4 Å². The SMILES string of the molecule is COc1ccc2c(c1)C(=O)N(Cc1ccccc1)C(=O)/C2=C/N1CCCCC1. The van der Waals surface area contributed by atoms with Gasteiger partial charge in [-0.05, 0) is 43.0 Å². The van der Waals surface area contributed by atoms with Crippen molar-refractivity contribution in [3.05, 3.63) is 71.4 Å². The van der Waals surface area contributed by atoms with Gasteiger partial charge in [0.1, 0.15) is 5.75 Å². The number of nitrogens with zero attached hydrogens (tertiary/aromatic N) is 2. The number of hydrogen-bond donors (Lipinski definition) is 0. The van der Waals surface area contributed by atoms with Crippen LogP contribution in [0.5, 0.6) is 5.75 Å². The minimum Gasteiger partial charge on any atom is -0.497 e. The van der Waals surface area contributed by atoms with Gasteiger partial charge in [-0.15, -0.1) is 0 Å². The van der Waals surface area contributed by atoms with Crippen molar-refractivity contribution in [3.8, 4) is 5.75 Å². The average molecular weight is 376 g/mol. The third-order valence-electron chi connectivity index (χ3n) is 5.35. The number of benzene rings is 2. The van der Waals surface area contributed by atoms with Crippen LogP contribution in [-0.2, 0) is 11.3 Å². The minimum atomic E-state index is -0.279. The Bertz CT molecular complexity index is 915. The zero-order chi connectivity index (χ0) is 19.5. The summed E-state index contributed by atoms with van der Waals surface area (Å²) in [4.78, 5) is 30.0. The van der Waals surface area contributed by atoms with E-state index in [0.29, 0.717) is 22.4 Å². The van der Waals surface area contributed by atoms with Gasteiger partial charge in [0, 0.05) is 24.9 Å². The predicted octanol–water partition coefficient (Wildman–Crippen LogP) is 3.70. The van der Waals surface area contributed by atoms with Gasteiger partial charge in [0.2, 0.25) is 0 Å². The van der Waals surface area contributed by atoms with Gasteiger partial charge < -0.3 is 9.64 Å². The fraction of sp³-hybridized carbons (Fsp3) is 0.304. The number of rotatable bonds is 4. The summed E-state index contributed by atoms with van der Waals surface area (Å²) in [5.41, 5.74) is 2.70. The van der Waals surface area contributed by atoms with E-state index in [1.165, 1.54) is 11.3 Å². The molecule has 0 unspecified atom stereocenters. The lowest BCUT2D eigenvalue weighted by molar-refractivity contribution is -0.123. The number of imide groups is 1. The first-order chi connectivity index (χ1) is 13.7. The number of piperidine rings is 1. The summed E-state index contributed by atoms with van der Waals surface area (Å²) in [6.45, 7) is 2.14. The molecular weight excluding hydrogens is 352 g/mol. The zero-order valence-corrected chi connectivity index (χ0v) is 16.1. The number of amides is 2. The highest BCUT2D eigenvalue weighted by Gasteiger charge is 2.35. The summed E-state index contributed by atoms with van der Waals surface area (Å²) in [5, 5.41) is 0. The van der Waals surface area contributed by atoms with Crippen LogP contribution in [0.1, 0.15) is 40.7 Å². The first-order valence-electron chi connectivity index (χ1n) is 9.72. The summed E-state index contributed by atoms with van der Waals surface area (Å²) in [6, 6.07) is 14.9. The highest BCUT2D eigenvalue weighted by atomic mass is 16.5. The van der Waals surface area contributed by atoms with E-state index in [1.54, 1.807) is 19.2 Å². The number of likely N-dealkylation sites (tertiary alicyclic amines) is 1. The molecule has 0 saturated carbocycles. The van der Waals surface area contributed by atoms with Crippen LogP contribution < -0.4 is 4.74 Å². The monoisotopic (exact) mass is 376 g/mol. The minimum absolute atomic E-state index is 0.239. The highest BCUT2D eigenvalue weighted by Crippen LogP contribution is 2.33. The fourth-order valence-electron chi connectivity index (χ4n) is 3.82. The van der Waals surface area contributed by atoms with E-state index in [0.717, 1.165) is 31.5 Å². The Morgan fingerprint density at radius 1 is 0.929 bits per heavy atom. The van der Waals surface area contributed by atoms with Crippen molar-refractivity contribution in [3.63, 3.8) is 0 Å². The maximum absolute atomic E-state index is 13.3.